The van der Waals surface area contributed by atoms with Crippen molar-refractivity contribution in [2.24, 2.45) is 0 Å². The van der Waals surface area contributed by atoms with E-state index >= 15 is 0 Å². The van der Waals surface area contributed by atoms with E-state index in [0.717, 1.165) is 21.2 Å². The number of fused-ring (bicyclic) bond motifs is 1. The van der Waals surface area contributed by atoms with Crippen LogP contribution < -0.4 is 0 Å². The summed E-state index contributed by atoms with van der Waals surface area (Å²) in [6, 6.07) is 3.77. The number of halogens is 1. The van der Waals surface area contributed by atoms with Crippen molar-refractivity contribution in [3.05, 3.63) is 28.6 Å². The maximum absolute atomic E-state index is 8.84. The molecule has 0 atom stereocenters. The van der Waals surface area contributed by atoms with Crippen LogP contribution >= 0.6 is 15.9 Å². The lowest BCUT2D eigenvalue weighted by molar-refractivity contribution is 0.278. The summed E-state index contributed by atoms with van der Waals surface area (Å²) < 4.78 is 0.793. The molecule has 0 aromatic carbocycles. The van der Waals surface area contributed by atoms with Crippen molar-refractivity contribution >= 4 is 26.8 Å². The fraction of sp³-hybridized carbons (Fsp3) is 0.125. The zero-order valence-corrected chi connectivity index (χ0v) is 7.80. The van der Waals surface area contributed by atoms with Crippen molar-refractivity contribution in [3.8, 4) is 0 Å². The summed E-state index contributed by atoms with van der Waals surface area (Å²) >= 11 is 3.27. The molecule has 0 unspecified atom stereocenters. The van der Waals surface area contributed by atoms with Crippen molar-refractivity contribution in [1.82, 2.24) is 9.97 Å². The van der Waals surface area contributed by atoms with Crippen LogP contribution in [0.5, 0.6) is 0 Å². The molecule has 0 aliphatic carbocycles. The minimum absolute atomic E-state index is 0.0340. The third kappa shape index (κ3) is 1.23. The first kappa shape index (κ1) is 7.76. The van der Waals surface area contributed by atoms with Gasteiger partial charge in [0.25, 0.3) is 0 Å². The van der Waals surface area contributed by atoms with Crippen LogP contribution in [0.4, 0.5) is 0 Å². The number of H-pyrrole nitrogens is 1. The maximum atomic E-state index is 8.84. The molecule has 0 spiro atoms. The van der Waals surface area contributed by atoms with Gasteiger partial charge in [0.2, 0.25) is 0 Å². The van der Waals surface area contributed by atoms with Gasteiger partial charge in [0, 0.05) is 22.8 Å². The maximum Gasteiger partial charge on any atom is 0.108 e. The Bertz CT molecular complexity index is 410. The summed E-state index contributed by atoms with van der Waals surface area (Å²) in [7, 11) is 0. The van der Waals surface area contributed by atoms with E-state index in [0.29, 0.717) is 0 Å². The second-order valence-electron chi connectivity index (χ2n) is 2.55. The monoisotopic (exact) mass is 226 g/mol. The van der Waals surface area contributed by atoms with Gasteiger partial charge in [0.15, 0.2) is 0 Å². The van der Waals surface area contributed by atoms with Crippen LogP contribution in [0.25, 0.3) is 10.9 Å². The number of hydrogen-bond donors (Lipinski definition) is 2. The van der Waals surface area contributed by atoms with Crippen LogP contribution in [0, 0.1) is 0 Å². The zero-order chi connectivity index (χ0) is 8.55. The van der Waals surface area contributed by atoms with Crippen molar-refractivity contribution in [1.29, 1.82) is 0 Å². The summed E-state index contributed by atoms with van der Waals surface area (Å²) in [5.74, 6) is 0. The average Bonchev–Trinajstić information content (AvgIpc) is 2.46. The highest BCUT2D eigenvalue weighted by Crippen LogP contribution is 2.17. The van der Waals surface area contributed by atoms with Crippen molar-refractivity contribution in [2.75, 3.05) is 0 Å². The Kier molecular flexibility index (Phi) is 1.86. The number of nitrogens with one attached hydrogen (secondary N) is 1. The normalized spacial score (nSPS) is 10.8. The first-order chi connectivity index (χ1) is 5.79. The van der Waals surface area contributed by atoms with Crippen LogP contribution in [0.3, 0.4) is 0 Å². The highest BCUT2D eigenvalue weighted by Gasteiger charge is 1.99. The molecule has 2 aromatic heterocycles. The Morgan fingerprint density at radius 1 is 1.50 bits per heavy atom. The number of pyridine rings is 1. The third-order valence-corrected chi connectivity index (χ3v) is 2.13. The first-order valence-corrected chi connectivity index (χ1v) is 4.33. The highest BCUT2D eigenvalue weighted by molar-refractivity contribution is 9.10. The molecular weight excluding hydrogens is 220 g/mol. The van der Waals surface area contributed by atoms with E-state index in [2.05, 4.69) is 25.9 Å². The number of aromatic nitrogens is 2. The van der Waals surface area contributed by atoms with E-state index in [-0.39, 0.29) is 6.61 Å². The van der Waals surface area contributed by atoms with Gasteiger partial charge >= 0.3 is 0 Å². The molecule has 0 aliphatic heterocycles. The van der Waals surface area contributed by atoms with Gasteiger partial charge in [-0.15, -0.1) is 0 Å². The second kappa shape index (κ2) is 2.88. The van der Waals surface area contributed by atoms with Crippen LogP contribution in [-0.4, -0.2) is 15.1 Å². The number of rotatable bonds is 1. The lowest BCUT2D eigenvalue weighted by atomic mass is 10.3. The number of aliphatic hydroxyl groups excluding tert-OH is 1. The van der Waals surface area contributed by atoms with Crippen molar-refractivity contribution < 1.29 is 5.11 Å². The summed E-state index contributed by atoms with van der Waals surface area (Å²) in [5.41, 5.74) is 1.80. The van der Waals surface area contributed by atoms with Crippen LogP contribution in [0.15, 0.2) is 22.9 Å². The smallest absolute Gasteiger partial charge is 0.108 e. The summed E-state index contributed by atoms with van der Waals surface area (Å²) in [6.45, 7) is 0.0340. The van der Waals surface area contributed by atoms with E-state index in [1.54, 1.807) is 6.20 Å². The summed E-state index contributed by atoms with van der Waals surface area (Å²) in [4.78, 5) is 7.14. The fourth-order valence-electron chi connectivity index (χ4n) is 1.15. The number of nitrogens with zero attached hydrogens (tertiary/aromatic N) is 1. The molecule has 4 heteroatoms. The molecular formula is C8H7BrN2O. The lowest BCUT2D eigenvalue weighted by Crippen LogP contribution is -1.79. The van der Waals surface area contributed by atoms with Crippen molar-refractivity contribution in [2.45, 2.75) is 6.61 Å². The largest absolute Gasteiger partial charge is 0.390 e. The molecule has 0 aliphatic rings. The molecule has 0 saturated carbocycles. The predicted octanol–water partition coefficient (Wildman–Crippen LogP) is 1.82. The molecule has 2 rings (SSSR count). The van der Waals surface area contributed by atoms with E-state index in [9.17, 15) is 0 Å². The number of aliphatic hydroxyl groups is 1. The Hall–Kier alpha value is -0.870. The standard InChI is InChI=1S/C8H7BrN2O/c9-8-2-7-5(3-10-8)1-6(4-12)11-7/h1-3,11-12H,4H2. The minimum atomic E-state index is 0.0340. The second-order valence-corrected chi connectivity index (χ2v) is 3.36. The minimum Gasteiger partial charge on any atom is -0.390 e. The summed E-state index contributed by atoms with van der Waals surface area (Å²) in [6.07, 6.45) is 1.76. The quantitative estimate of drug-likeness (QED) is 0.730. The molecule has 2 heterocycles. The first-order valence-electron chi connectivity index (χ1n) is 3.53. The number of hydrogen-bond acceptors (Lipinski definition) is 2. The van der Waals surface area contributed by atoms with Gasteiger partial charge in [-0.25, -0.2) is 4.98 Å². The van der Waals surface area contributed by atoms with Gasteiger partial charge in [-0.3, -0.25) is 0 Å². The van der Waals surface area contributed by atoms with Gasteiger partial charge in [0.1, 0.15) is 4.60 Å². The van der Waals surface area contributed by atoms with Crippen molar-refractivity contribution in [3.63, 3.8) is 0 Å². The molecule has 0 fully saturated rings. The van der Waals surface area contributed by atoms with E-state index in [1.807, 2.05) is 12.1 Å². The summed E-state index contributed by atoms with van der Waals surface area (Å²) in [5, 5.41) is 9.86. The molecule has 0 radical (unpaired) electrons. The Labute approximate surface area is 77.6 Å². The SMILES string of the molecule is OCc1cc2cnc(Br)cc2[nH]1. The number of aromatic amines is 1. The fourth-order valence-corrected chi connectivity index (χ4v) is 1.48. The van der Waals surface area contributed by atoms with E-state index in [1.165, 1.54) is 0 Å². The third-order valence-electron chi connectivity index (χ3n) is 1.70. The van der Waals surface area contributed by atoms with Gasteiger partial charge < -0.3 is 10.1 Å². The Morgan fingerprint density at radius 2 is 2.33 bits per heavy atom. The van der Waals surface area contributed by atoms with Crippen LogP contribution in [0.2, 0.25) is 0 Å². The van der Waals surface area contributed by atoms with E-state index < -0.39 is 0 Å². The molecule has 0 saturated heterocycles. The predicted molar refractivity (Wildman–Crippen MR) is 49.7 cm³/mol. The molecule has 3 nitrogen and oxygen atoms in total. The average molecular weight is 227 g/mol. The van der Waals surface area contributed by atoms with Crippen LogP contribution in [-0.2, 0) is 6.61 Å². The molecule has 0 bridgehead atoms. The molecule has 2 N–H and O–H groups in total. The lowest BCUT2D eigenvalue weighted by Gasteiger charge is -1.88. The molecule has 62 valence electrons. The topological polar surface area (TPSA) is 48.9 Å². The van der Waals surface area contributed by atoms with E-state index in [4.69, 9.17) is 5.11 Å². The van der Waals surface area contributed by atoms with Crippen LogP contribution in [0.1, 0.15) is 5.69 Å². The highest BCUT2D eigenvalue weighted by atomic mass is 79.9. The molecule has 12 heavy (non-hydrogen) atoms. The Morgan fingerprint density at radius 3 is 3.08 bits per heavy atom. The van der Waals surface area contributed by atoms with Gasteiger partial charge in [-0.05, 0) is 28.1 Å². The zero-order valence-electron chi connectivity index (χ0n) is 6.21. The molecule has 2 aromatic rings. The molecule has 0 amide bonds. The van der Waals surface area contributed by atoms with Gasteiger partial charge in [-0.1, -0.05) is 0 Å². The Balaban J connectivity index is 2.67. The van der Waals surface area contributed by atoms with Gasteiger partial charge in [0.05, 0.1) is 6.61 Å². The van der Waals surface area contributed by atoms with Gasteiger partial charge in [-0.2, -0.15) is 0 Å².